The standard InChI is InChI=1S/C9H8B2O6S/c10-5-3-6(8(12)7(11)4-5)9(13)17-1-2-18(14,15)16/h3-4,12H,1-2H2,(H,14,15,16). The molecule has 4 radical (unpaired) electrons. The van der Waals surface area contributed by atoms with Gasteiger partial charge < -0.3 is 9.84 Å². The molecule has 0 unspecified atom stereocenters. The molecule has 0 aliphatic rings. The molecule has 0 aliphatic heterocycles. The summed E-state index contributed by atoms with van der Waals surface area (Å²) in [6.07, 6.45) is 0. The van der Waals surface area contributed by atoms with Crippen molar-refractivity contribution < 1.29 is 27.6 Å². The van der Waals surface area contributed by atoms with Gasteiger partial charge in [0.05, 0.1) is 0 Å². The lowest BCUT2D eigenvalue weighted by molar-refractivity contribution is 0.0525. The first-order valence-electron chi connectivity index (χ1n) is 4.71. The minimum atomic E-state index is -4.22. The molecule has 0 aromatic heterocycles. The highest BCUT2D eigenvalue weighted by molar-refractivity contribution is 7.85. The van der Waals surface area contributed by atoms with E-state index in [0.29, 0.717) is 0 Å². The van der Waals surface area contributed by atoms with E-state index >= 15 is 0 Å². The van der Waals surface area contributed by atoms with Gasteiger partial charge in [-0.05, 0) is 0 Å². The van der Waals surface area contributed by atoms with Gasteiger partial charge in [0.25, 0.3) is 10.1 Å². The van der Waals surface area contributed by atoms with Crippen molar-refractivity contribution in [3.05, 3.63) is 17.7 Å². The summed E-state index contributed by atoms with van der Waals surface area (Å²) in [6.45, 7) is -0.550. The molecule has 0 amide bonds. The summed E-state index contributed by atoms with van der Waals surface area (Å²) in [6, 6.07) is 2.39. The number of aromatic hydroxyl groups is 1. The van der Waals surface area contributed by atoms with Gasteiger partial charge in [0.15, 0.2) is 0 Å². The van der Waals surface area contributed by atoms with Crippen LogP contribution in [0.4, 0.5) is 0 Å². The summed E-state index contributed by atoms with van der Waals surface area (Å²) in [5, 5.41) is 9.50. The number of carbonyl (C=O) groups is 1. The zero-order chi connectivity index (χ0) is 13.9. The van der Waals surface area contributed by atoms with E-state index in [-0.39, 0.29) is 16.5 Å². The van der Waals surface area contributed by atoms with E-state index < -0.39 is 34.2 Å². The van der Waals surface area contributed by atoms with Crippen LogP contribution in [0.15, 0.2) is 12.1 Å². The van der Waals surface area contributed by atoms with Crippen LogP contribution in [0.1, 0.15) is 10.4 Å². The second-order valence-corrected chi connectivity index (χ2v) is 5.00. The molecule has 9 heteroatoms. The van der Waals surface area contributed by atoms with Crippen LogP contribution in [-0.4, -0.2) is 52.1 Å². The molecule has 0 spiro atoms. The summed E-state index contributed by atoms with van der Waals surface area (Å²) in [5.74, 6) is -2.23. The lowest BCUT2D eigenvalue weighted by Gasteiger charge is -2.09. The SMILES string of the molecule is [B]c1cc([B])c(O)c(C(=O)OCCS(=O)(=O)O)c1. The van der Waals surface area contributed by atoms with E-state index in [4.69, 9.17) is 20.2 Å². The van der Waals surface area contributed by atoms with Crippen LogP contribution in [-0.2, 0) is 14.9 Å². The highest BCUT2D eigenvalue weighted by atomic mass is 32.2. The summed E-state index contributed by atoms with van der Waals surface area (Å²) in [5.41, 5.74) is -0.230. The first-order chi connectivity index (χ1) is 8.20. The van der Waals surface area contributed by atoms with E-state index in [1.165, 1.54) is 6.07 Å². The number of ether oxygens (including phenoxy) is 1. The number of hydrogen-bond acceptors (Lipinski definition) is 5. The topological polar surface area (TPSA) is 101 Å². The van der Waals surface area contributed by atoms with Crippen LogP contribution < -0.4 is 10.9 Å². The fourth-order valence-corrected chi connectivity index (χ4v) is 1.45. The Morgan fingerprint density at radius 3 is 2.50 bits per heavy atom. The van der Waals surface area contributed by atoms with Gasteiger partial charge in [-0.25, -0.2) is 4.79 Å². The highest BCUT2D eigenvalue weighted by Gasteiger charge is 2.15. The van der Waals surface area contributed by atoms with Gasteiger partial charge in [-0.2, -0.15) is 8.42 Å². The van der Waals surface area contributed by atoms with E-state index in [0.717, 1.165) is 6.07 Å². The van der Waals surface area contributed by atoms with E-state index in [9.17, 15) is 18.3 Å². The molecule has 0 saturated heterocycles. The summed E-state index contributed by atoms with van der Waals surface area (Å²) < 4.78 is 33.8. The summed E-state index contributed by atoms with van der Waals surface area (Å²) >= 11 is 0. The molecule has 2 N–H and O–H groups in total. The number of esters is 1. The number of rotatable bonds is 4. The maximum Gasteiger partial charge on any atom is 0.341 e. The van der Waals surface area contributed by atoms with Crippen molar-refractivity contribution in [3.8, 4) is 5.75 Å². The van der Waals surface area contributed by atoms with Crippen molar-refractivity contribution in [1.29, 1.82) is 0 Å². The van der Waals surface area contributed by atoms with E-state index in [1.54, 1.807) is 0 Å². The minimum Gasteiger partial charge on any atom is -0.508 e. The number of carbonyl (C=O) groups excluding carboxylic acids is 1. The highest BCUT2D eigenvalue weighted by Crippen LogP contribution is 2.12. The van der Waals surface area contributed by atoms with Crippen molar-refractivity contribution in [2.45, 2.75) is 0 Å². The zero-order valence-corrected chi connectivity index (χ0v) is 9.98. The Kier molecular flexibility index (Phi) is 4.42. The second kappa shape index (κ2) is 5.45. The van der Waals surface area contributed by atoms with Crippen molar-refractivity contribution in [2.24, 2.45) is 0 Å². The van der Waals surface area contributed by atoms with Gasteiger partial charge in [0.1, 0.15) is 39.4 Å². The molecule has 1 aromatic carbocycles. The van der Waals surface area contributed by atoms with E-state index in [1.807, 2.05) is 0 Å². The Balaban J connectivity index is 2.79. The summed E-state index contributed by atoms with van der Waals surface area (Å²) in [7, 11) is 6.60. The van der Waals surface area contributed by atoms with Gasteiger partial charge in [0.2, 0.25) is 0 Å². The third-order valence-electron chi connectivity index (χ3n) is 1.96. The van der Waals surface area contributed by atoms with Gasteiger partial charge >= 0.3 is 5.97 Å². The Bertz CT molecular complexity index is 569. The molecule has 0 heterocycles. The molecule has 18 heavy (non-hydrogen) atoms. The van der Waals surface area contributed by atoms with Crippen LogP contribution in [0, 0.1) is 0 Å². The lowest BCUT2D eigenvalue weighted by Crippen LogP contribution is -2.20. The van der Waals surface area contributed by atoms with Crippen molar-refractivity contribution in [3.63, 3.8) is 0 Å². The molecule has 0 bridgehead atoms. The van der Waals surface area contributed by atoms with Crippen LogP contribution in [0.2, 0.25) is 0 Å². The lowest BCUT2D eigenvalue weighted by atomic mass is 9.84. The van der Waals surface area contributed by atoms with E-state index in [2.05, 4.69) is 4.74 Å². The van der Waals surface area contributed by atoms with Crippen molar-refractivity contribution in [2.75, 3.05) is 12.4 Å². The normalized spacial score (nSPS) is 11.2. The third kappa shape index (κ3) is 4.08. The summed E-state index contributed by atoms with van der Waals surface area (Å²) in [4.78, 5) is 11.5. The Hall–Kier alpha value is -1.47. The van der Waals surface area contributed by atoms with Crippen LogP contribution in [0.3, 0.4) is 0 Å². The minimum absolute atomic E-state index is 0.100. The first kappa shape index (κ1) is 14.6. The van der Waals surface area contributed by atoms with Crippen LogP contribution in [0.25, 0.3) is 0 Å². The number of benzene rings is 1. The van der Waals surface area contributed by atoms with Crippen LogP contribution in [0.5, 0.6) is 5.75 Å². The third-order valence-corrected chi connectivity index (χ3v) is 2.64. The molecule has 0 atom stereocenters. The fraction of sp³-hybridized carbons (Fsp3) is 0.222. The Morgan fingerprint density at radius 1 is 1.33 bits per heavy atom. The average Bonchev–Trinajstić information content (AvgIpc) is 2.21. The monoisotopic (exact) mass is 266 g/mol. The molecule has 0 fully saturated rings. The molecule has 1 rings (SSSR count). The van der Waals surface area contributed by atoms with Gasteiger partial charge in [-0.15, -0.1) is 0 Å². The quantitative estimate of drug-likeness (QED) is 0.372. The number of phenolic OH excluding ortho intramolecular Hbond substituents is 1. The average molecular weight is 266 g/mol. The molecular weight excluding hydrogens is 258 g/mol. The first-order valence-corrected chi connectivity index (χ1v) is 6.32. The predicted octanol–water partition coefficient (Wildman–Crippen LogP) is -1.98. The largest absolute Gasteiger partial charge is 0.508 e. The van der Waals surface area contributed by atoms with Crippen molar-refractivity contribution >= 4 is 42.7 Å². The molecule has 0 aliphatic carbocycles. The van der Waals surface area contributed by atoms with Gasteiger partial charge in [-0.1, -0.05) is 23.1 Å². The molecule has 6 nitrogen and oxygen atoms in total. The smallest absolute Gasteiger partial charge is 0.341 e. The van der Waals surface area contributed by atoms with Gasteiger partial charge in [-0.3, -0.25) is 4.55 Å². The molecule has 92 valence electrons. The maximum absolute atomic E-state index is 11.5. The van der Waals surface area contributed by atoms with Gasteiger partial charge in [0, 0.05) is 0 Å². The predicted molar refractivity (Wildman–Crippen MR) is 65.6 cm³/mol. The van der Waals surface area contributed by atoms with Crippen molar-refractivity contribution in [1.82, 2.24) is 0 Å². The fourth-order valence-electron chi connectivity index (χ4n) is 1.15. The maximum atomic E-state index is 11.5. The number of phenols is 1. The molecule has 0 saturated carbocycles. The van der Waals surface area contributed by atoms with Crippen LogP contribution >= 0.6 is 0 Å². The Morgan fingerprint density at radius 2 is 1.94 bits per heavy atom. The molecule has 1 aromatic rings. The molecular formula is C9H8B2O6S. The number of hydrogen-bond donors (Lipinski definition) is 2. The second-order valence-electron chi connectivity index (χ2n) is 3.43. The zero-order valence-electron chi connectivity index (χ0n) is 9.16. The Labute approximate surface area is 107 Å².